The molecular weight excluding hydrogens is 222 g/mol. The van der Waals surface area contributed by atoms with Crippen LogP contribution in [0.25, 0.3) is 0 Å². The molecule has 0 fully saturated rings. The Morgan fingerprint density at radius 3 is 3.06 bits per heavy atom. The molecule has 0 N–H and O–H groups in total. The van der Waals surface area contributed by atoms with Crippen molar-refractivity contribution < 1.29 is 4.74 Å². The molecule has 0 radical (unpaired) electrons. The smallest absolute Gasteiger partial charge is 0.142 e. The second kappa shape index (κ2) is 6.98. The summed E-state index contributed by atoms with van der Waals surface area (Å²) in [4.78, 5) is 2.49. The predicted octanol–water partition coefficient (Wildman–Crippen LogP) is 4.24. The molecule has 2 rings (SSSR count). The zero-order chi connectivity index (χ0) is 12.8. The van der Waals surface area contributed by atoms with E-state index in [2.05, 4.69) is 30.9 Å². The van der Waals surface area contributed by atoms with E-state index in [4.69, 9.17) is 4.74 Å². The van der Waals surface area contributed by atoms with Crippen molar-refractivity contribution in [2.75, 3.05) is 13.3 Å². The number of unbranched alkanes of at least 4 members (excludes halogenated alkanes) is 3. The molecule has 0 saturated heterocycles. The fraction of sp³-hybridized carbons (Fsp3) is 0.750. The third-order valence-electron chi connectivity index (χ3n) is 4.11. The molecule has 0 amide bonds. The van der Waals surface area contributed by atoms with Crippen LogP contribution in [0.4, 0.5) is 0 Å². The van der Waals surface area contributed by atoms with Gasteiger partial charge in [0.25, 0.3) is 0 Å². The summed E-state index contributed by atoms with van der Waals surface area (Å²) in [5.74, 6) is 1.15. The Balaban J connectivity index is 1.77. The van der Waals surface area contributed by atoms with Gasteiger partial charge in [-0.05, 0) is 37.8 Å². The van der Waals surface area contributed by atoms with E-state index in [1.807, 2.05) is 0 Å². The Morgan fingerprint density at radius 1 is 1.33 bits per heavy atom. The van der Waals surface area contributed by atoms with Crippen LogP contribution >= 0.6 is 0 Å². The van der Waals surface area contributed by atoms with E-state index in [1.165, 1.54) is 50.5 Å². The first kappa shape index (κ1) is 13.7. The molecule has 2 heteroatoms. The van der Waals surface area contributed by atoms with Crippen LogP contribution in [-0.2, 0) is 4.74 Å². The number of hydrogen-bond acceptors (Lipinski definition) is 2. The summed E-state index contributed by atoms with van der Waals surface area (Å²) in [6, 6.07) is 0.654. The van der Waals surface area contributed by atoms with E-state index >= 15 is 0 Å². The van der Waals surface area contributed by atoms with Gasteiger partial charge in [0.1, 0.15) is 12.5 Å². The Bertz CT molecular complexity index is 319. The van der Waals surface area contributed by atoms with Gasteiger partial charge in [-0.3, -0.25) is 4.90 Å². The summed E-state index contributed by atoms with van der Waals surface area (Å²) in [6.45, 7) is 6.51. The molecule has 1 aliphatic heterocycles. The van der Waals surface area contributed by atoms with Crippen molar-refractivity contribution in [2.24, 2.45) is 0 Å². The van der Waals surface area contributed by atoms with Crippen molar-refractivity contribution in [2.45, 2.75) is 64.8 Å². The van der Waals surface area contributed by atoms with Gasteiger partial charge in [0.15, 0.2) is 0 Å². The summed E-state index contributed by atoms with van der Waals surface area (Å²) in [7, 11) is 0. The van der Waals surface area contributed by atoms with Crippen molar-refractivity contribution in [3.63, 3.8) is 0 Å². The first-order chi connectivity index (χ1) is 8.81. The fourth-order valence-corrected chi connectivity index (χ4v) is 2.77. The maximum Gasteiger partial charge on any atom is 0.142 e. The number of rotatable bonds is 6. The van der Waals surface area contributed by atoms with Crippen molar-refractivity contribution >= 4 is 0 Å². The highest BCUT2D eigenvalue weighted by molar-refractivity contribution is 5.27. The quantitative estimate of drug-likeness (QED) is 0.653. The zero-order valence-electron chi connectivity index (χ0n) is 12.0. The van der Waals surface area contributed by atoms with Crippen LogP contribution in [0, 0.1) is 0 Å². The van der Waals surface area contributed by atoms with Gasteiger partial charge in [0.05, 0.1) is 0 Å². The van der Waals surface area contributed by atoms with Crippen LogP contribution in [0.15, 0.2) is 23.5 Å². The first-order valence-electron chi connectivity index (χ1n) is 7.56. The molecule has 0 aromatic rings. The highest BCUT2D eigenvalue weighted by Gasteiger charge is 2.23. The third-order valence-corrected chi connectivity index (χ3v) is 4.11. The summed E-state index contributed by atoms with van der Waals surface area (Å²) < 4.78 is 5.86. The Morgan fingerprint density at radius 2 is 2.22 bits per heavy atom. The molecule has 0 bridgehead atoms. The van der Waals surface area contributed by atoms with E-state index in [1.54, 1.807) is 0 Å². The molecule has 1 unspecified atom stereocenters. The molecule has 1 aliphatic carbocycles. The van der Waals surface area contributed by atoms with Crippen molar-refractivity contribution in [1.29, 1.82) is 0 Å². The molecule has 0 aromatic heterocycles. The third kappa shape index (κ3) is 3.61. The van der Waals surface area contributed by atoms with Crippen molar-refractivity contribution in [3.8, 4) is 0 Å². The lowest BCUT2D eigenvalue weighted by atomic mass is 10.0. The van der Waals surface area contributed by atoms with Crippen LogP contribution in [0.2, 0.25) is 0 Å². The van der Waals surface area contributed by atoms with E-state index in [-0.39, 0.29) is 0 Å². The molecule has 1 atom stereocenters. The Labute approximate surface area is 112 Å². The highest BCUT2D eigenvalue weighted by atomic mass is 16.5. The van der Waals surface area contributed by atoms with Crippen LogP contribution in [0.1, 0.15) is 58.8 Å². The molecular formula is C16H27NO. The number of nitrogens with zero attached hydrogens (tertiary/aromatic N) is 1. The lowest BCUT2D eigenvalue weighted by Gasteiger charge is -2.35. The maximum atomic E-state index is 5.86. The van der Waals surface area contributed by atoms with Crippen LogP contribution in [0.3, 0.4) is 0 Å². The molecule has 1 heterocycles. The largest absolute Gasteiger partial charge is 0.478 e. The molecule has 0 saturated carbocycles. The van der Waals surface area contributed by atoms with Gasteiger partial charge in [0, 0.05) is 12.6 Å². The molecule has 18 heavy (non-hydrogen) atoms. The lowest BCUT2D eigenvalue weighted by molar-refractivity contribution is 0.0320. The zero-order valence-corrected chi connectivity index (χ0v) is 12.0. The van der Waals surface area contributed by atoms with Gasteiger partial charge >= 0.3 is 0 Å². The summed E-state index contributed by atoms with van der Waals surface area (Å²) in [6.07, 6.45) is 13.5. The average molecular weight is 249 g/mol. The SMILES string of the molecule is CCCCCCC(C)N1COC2=C(CCC=C2)C1. The maximum absolute atomic E-state index is 5.86. The monoisotopic (exact) mass is 249 g/mol. The number of allylic oxidation sites excluding steroid dienone is 2. The van der Waals surface area contributed by atoms with Gasteiger partial charge in [0.2, 0.25) is 0 Å². The number of ether oxygens (including phenoxy) is 1. The van der Waals surface area contributed by atoms with Gasteiger partial charge in [-0.25, -0.2) is 0 Å². The van der Waals surface area contributed by atoms with Gasteiger partial charge in [-0.15, -0.1) is 0 Å². The molecule has 102 valence electrons. The van der Waals surface area contributed by atoms with E-state index in [0.29, 0.717) is 6.04 Å². The Kier molecular flexibility index (Phi) is 5.30. The minimum atomic E-state index is 0.654. The topological polar surface area (TPSA) is 12.5 Å². The van der Waals surface area contributed by atoms with Crippen LogP contribution < -0.4 is 0 Å². The van der Waals surface area contributed by atoms with Gasteiger partial charge in [-0.2, -0.15) is 0 Å². The predicted molar refractivity (Wildman–Crippen MR) is 76.3 cm³/mol. The van der Waals surface area contributed by atoms with Gasteiger partial charge < -0.3 is 4.74 Å². The molecule has 2 aliphatic rings. The lowest BCUT2D eigenvalue weighted by Crippen LogP contribution is -2.40. The van der Waals surface area contributed by atoms with Crippen LogP contribution in [-0.4, -0.2) is 24.2 Å². The van der Waals surface area contributed by atoms with E-state index in [0.717, 1.165) is 19.0 Å². The van der Waals surface area contributed by atoms with Gasteiger partial charge in [-0.1, -0.05) is 38.7 Å². The van der Waals surface area contributed by atoms with E-state index in [9.17, 15) is 0 Å². The van der Waals surface area contributed by atoms with E-state index < -0.39 is 0 Å². The minimum Gasteiger partial charge on any atom is -0.478 e. The highest BCUT2D eigenvalue weighted by Crippen LogP contribution is 2.26. The second-order valence-corrected chi connectivity index (χ2v) is 5.63. The molecule has 0 aromatic carbocycles. The number of hydrogen-bond donors (Lipinski definition) is 0. The summed E-state index contributed by atoms with van der Waals surface area (Å²) >= 11 is 0. The normalized spacial score (nSPS) is 21.7. The fourth-order valence-electron chi connectivity index (χ4n) is 2.77. The molecule has 0 spiro atoms. The molecule has 2 nitrogen and oxygen atoms in total. The average Bonchev–Trinajstić information content (AvgIpc) is 2.43. The van der Waals surface area contributed by atoms with Crippen molar-refractivity contribution in [3.05, 3.63) is 23.5 Å². The summed E-state index contributed by atoms with van der Waals surface area (Å²) in [5.41, 5.74) is 1.50. The second-order valence-electron chi connectivity index (χ2n) is 5.63. The minimum absolute atomic E-state index is 0.654. The Hall–Kier alpha value is -0.760. The standard InChI is InChI=1S/C16H27NO/c1-3-4-5-6-9-14(2)17-12-15-10-7-8-11-16(15)18-13-17/h8,11,14H,3-7,9-10,12-13H2,1-2H3. The van der Waals surface area contributed by atoms with Crippen LogP contribution in [0.5, 0.6) is 0 Å². The first-order valence-corrected chi connectivity index (χ1v) is 7.56. The summed E-state index contributed by atoms with van der Waals surface area (Å²) in [5, 5.41) is 0. The van der Waals surface area contributed by atoms with Crippen molar-refractivity contribution in [1.82, 2.24) is 4.90 Å².